The van der Waals surface area contributed by atoms with E-state index in [0.29, 0.717) is 11.0 Å². The van der Waals surface area contributed by atoms with Gasteiger partial charge in [0, 0.05) is 11.0 Å². The van der Waals surface area contributed by atoms with E-state index in [0.717, 1.165) is 19.3 Å². The Morgan fingerprint density at radius 3 is 2.68 bits per heavy atom. The first-order chi connectivity index (χ1) is 9.08. The van der Waals surface area contributed by atoms with Crippen LogP contribution < -0.4 is 5.32 Å². The maximum absolute atomic E-state index is 13.7. The van der Waals surface area contributed by atoms with E-state index in [9.17, 15) is 9.18 Å². The van der Waals surface area contributed by atoms with Gasteiger partial charge >= 0.3 is 0 Å². The lowest BCUT2D eigenvalue weighted by Gasteiger charge is -2.27. The summed E-state index contributed by atoms with van der Waals surface area (Å²) in [6.45, 7) is 2.81. The first-order valence-corrected chi connectivity index (χ1v) is 7.59. The summed E-state index contributed by atoms with van der Waals surface area (Å²) in [5.41, 5.74) is 0.319. The van der Waals surface area contributed by atoms with Crippen molar-refractivity contribution >= 4 is 21.8 Å². The van der Waals surface area contributed by atoms with E-state index in [1.165, 1.54) is 18.9 Å². The van der Waals surface area contributed by atoms with Gasteiger partial charge in [0.05, 0.1) is 5.56 Å². The first-order valence-electron chi connectivity index (χ1n) is 6.80. The number of carbonyl (C=O) groups is 1. The van der Waals surface area contributed by atoms with Crippen LogP contribution in [0, 0.1) is 11.2 Å². The third-order valence-corrected chi connectivity index (χ3v) is 4.89. The zero-order chi connectivity index (χ0) is 13.9. The predicted octanol–water partition coefficient (Wildman–Crippen LogP) is 4.29. The predicted molar refractivity (Wildman–Crippen MR) is 77.6 cm³/mol. The van der Waals surface area contributed by atoms with Crippen molar-refractivity contribution in [2.24, 2.45) is 5.41 Å². The van der Waals surface area contributed by atoms with Crippen LogP contribution in [0.4, 0.5) is 4.39 Å². The van der Waals surface area contributed by atoms with Crippen molar-refractivity contribution in [2.45, 2.75) is 39.0 Å². The summed E-state index contributed by atoms with van der Waals surface area (Å²) in [5, 5.41) is 2.91. The molecule has 0 atom stereocenters. The SMILES string of the molecule is CCC1(CNC(=O)c2c(F)cccc2Br)CCCC1. The number of carbonyl (C=O) groups excluding carboxylic acids is 1. The molecule has 1 amide bonds. The lowest BCUT2D eigenvalue weighted by atomic mass is 9.83. The molecule has 1 N–H and O–H groups in total. The van der Waals surface area contributed by atoms with Crippen LogP contribution in [-0.2, 0) is 0 Å². The van der Waals surface area contributed by atoms with Crippen LogP contribution in [-0.4, -0.2) is 12.5 Å². The topological polar surface area (TPSA) is 29.1 Å². The third-order valence-electron chi connectivity index (χ3n) is 4.23. The average molecular weight is 328 g/mol. The molecule has 104 valence electrons. The van der Waals surface area contributed by atoms with Gasteiger partial charge in [-0.2, -0.15) is 0 Å². The van der Waals surface area contributed by atoms with E-state index < -0.39 is 5.82 Å². The molecule has 0 aliphatic heterocycles. The molecule has 0 bridgehead atoms. The van der Waals surface area contributed by atoms with Crippen molar-refractivity contribution in [1.82, 2.24) is 5.32 Å². The lowest BCUT2D eigenvalue weighted by Crippen LogP contribution is -2.36. The number of halogens is 2. The van der Waals surface area contributed by atoms with Gasteiger partial charge in [-0.1, -0.05) is 25.8 Å². The normalized spacial score (nSPS) is 17.4. The van der Waals surface area contributed by atoms with Crippen LogP contribution in [0.5, 0.6) is 0 Å². The minimum Gasteiger partial charge on any atom is -0.351 e. The van der Waals surface area contributed by atoms with Gasteiger partial charge in [0.1, 0.15) is 5.82 Å². The Kier molecular flexibility index (Phi) is 4.61. The van der Waals surface area contributed by atoms with E-state index in [-0.39, 0.29) is 16.9 Å². The zero-order valence-corrected chi connectivity index (χ0v) is 12.7. The molecule has 0 radical (unpaired) electrons. The summed E-state index contributed by atoms with van der Waals surface area (Å²) in [6, 6.07) is 4.58. The minimum absolute atomic E-state index is 0.103. The third kappa shape index (κ3) is 3.16. The van der Waals surface area contributed by atoms with Crippen molar-refractivity contribution < 1.29 is 9.18 Å². The van der Waals surface area contributed by atoms with Crippen LogP contribution >= 0.6 is 15.9 Å². The smallest absolute Gasteiger partial charge is 0.255 e. The first kappa shape index (κ1) is 14.5. The molecule has 0 aromatic heterocycles. The van der Waals surface area contributed by atoms with Gasteiger partial charge in [-0.05, 0) is 52.7 Å². The second-order valence-electron chi connectivity index (χ2n) is 5.34. The second-order valence-corrected chi connectivity index (χ2v) is 6.19. The molecule has 0 unspecified atom stereocenters. The number of nitrogens with one attached hydrogen (secondary N) is 1. The van der Waals surface area contributed by atoms with E-state index in [1.807, 2.05) is 0 Å². The Balaban J connectivity index is 2.05. The Morgan fingerprint density at radius 1 is 1.42 bits per heavy atom. The maximum Gasteiger partial charge on any atom is 0.255 e. The molecule has 0 spiro atoms. The Morgan fingerprint density at radius 2 is 2.11 bits per heavy atom. The Bertz CT molecular complexity index is 449. The lowest BCUT2D eigenvalue weighted by molar-refractivity contribution is 0.0924. The molecule has 2 rings (SSSR count). The summed E-state index contributed by atoms with van der Waals surface area (Å²) >= 11 is 3.23. The molecular formula is C15H19BrFNO. The summed E-state index contributed by atoms with van der Waals surface area (Å²) < 4.78 is 14.2. The van der Waals surface area contributed by atoms with Gasteiger partial charge < -0.3 is 5.32 Å². The van der Waals surface area contributed by atoms with Gasteiger partial charge in [0.25, 0.3) is 5.91 Å². The zero-order valence-electron chi connectivity index (χ0n) is 11.1. The fourth-order valence-corrected chi connectivity index (χ4v) is 3.37. The van der Waals surface area contributed by atoms with Crippen molar-refractivity contribution in [3.8, 4) is 0 Å². The van der Waals surface area contributed by atoms with E-state index in [1.54, 1.807) is 12.1 Å². The fraction of sp³-hybridized carbons (Fsp3) is 0.533. The minimum atomic E-state index is -0.483. The van der Waals surface area contributed by atoms with Crippen molar-refractivity contribution in [3.63, 3.8) is 0 Å². The van der Waals surface area contributed by atoms with Crippen LogP contribution in [0.2, 0.25) is 0 Å². The van der Waals surface area contributed by atoms with Crippen LogP contribution in [0.15, 0.2) is 22.7 Å². The standard InChI is InChI=1S/C15H19BrFNO/c1-2-15(8-3-4-9-15)10-18-14(19)13-11(16)6-5-7-12(13)17/h5-7H,2-4,8-10H2,1H3,(H,18,19). The van der Waals surface area contributed by atoms with Gasteiger partial charge in [0.15, 0.2) is 0 Å². The van der Waals surface area contributed by atoms with Gasteiger partial charge in [0.2, 0.25) is 0 Å². The molecule has 2 nitrogen and oxygen atoms in total. The van der Waals surface area contributed by atoms with Crippen molar-refractivity contribution in [3.05, 3.63) is 34.1 Å². The molecule has 1 aliphatic carbocycles. The molecule has 0 saturated heterocycles. The summed E-state index contributed by atoms with van der Waals surface area (Å²) in [5.74, 6) is -0.812. The highest BCUT2D eigenvalue weighted by atomic mass is 79.9. The monoisotopic (exact) mass is 327 g/mol. The molecule has 1 aromatic rings. The average Bonchev–Trinajstić information content (AvgIpc) is 2.86. The Labute approximate surface area is 121 Å². The molecule has 19 heavy (non-hydrogen) atoms. The fourth-order valence-electron chi connectivity index (χ4n) is 2.85. The summed E-state index contributed by atoms with van der Waals surface area (Å²) in [4.78, 5) is 12.1. The van der Waals surface area contributed by atoms with E-state index in [2.05, 4.69) is 28.2 Å². The highest BCUT2D eigenvalue weighted by Gasteiger charge is 2.32. The largest absolute Gasteiger partial charge is 0.351 e. The number of hydrogen-bond donors (Lipinski definition) is 1. The molecule has 1 aliphatic rings. The van der Waals surface area contributed by atoms with E-state index >= 15 is 0 Å². The highest BCUT2D eigenvalue weighted by Crippen LogP contribution is 2.40. The quantitative estimate of drug-likeness (QED) is 0.878. The molecule has 1 saturated carbocycles. The second kappa shape index (κ2) is 6.04. The molecule has 0 heterocycles. The van der Waals surface area contributed by atoms with Crippen LogP contribution in [0.3, 0.4) is 0 Å². The van der Waals surface area contributed by atoms with Crippen molar-refractivity contribution in [2.75, 3.05) is 6.54 Å². The number of hydrogen-bond acceptors (Lipinski definition) is 1. The summed E-state index contributed by atoms with van der Waals surface area (Å²) in [7, 11) is 0. The number of amides is 1. The molecule has 4 heteroatoms. The van der Waals surface area contributed by atoms with Crippen molar-refractivity contribution in [1.29, 1.82) is 0 Å². The maximum atomic E-state index is 13.7. The molecule has 1 aromatic carbocycles. The Hall–Kier alpha value is -0.900. The highest BCUT2D eigenvalue weighted by molar-refractivity contribution is 9.10. The number of benzene rings is 1. The van der Waals surface area contributed by atoms with Crippen LogP contribution in [0.25, 0.3) is 0 Å². The van der Waals surface area contributed by atoms with Gasteiger partial charge in [-0.3, -0.25) is 4.79 Å². The molecular weight excluding hydrogens is 309 g/mol. The van der Waals surface area contributed by atoms with Gasteiger partial charge in [-0.15, -0.1) is 0 Å². The van der Waals surface area contributed by atoms with E-state index in [4.69, 9.17) is 0 Å². The summed E-state index contributed by atoms with van der Waals surface area (Å²) in [6.07, 6.45) is 5.83. The number of rotatable bonds is 4. The molecule has 1 fully saturated rings. The van der Waals surface area contributed by atoms with Gasteiger partial charge in [-0.25, -0.2) is 4.39 Å². The van der Waals surface area contributed by atoms with Crippen LogP contribution in [0.1, 0.15) is 49.4 Å².